The molecule has 0 heterocycles. The molecule has 1 aromatic carbocycles. The SMILES string of the molecule is COC(=O)C(NC(=O)OCc1ccccc1)C1(SC)CC1. The van der Waals surface area contributed by atoms with Crippen molar-refractivity contribution in [3.63, 3.8) is 0 Å². The maximum absolute atomic E-state index is 11.9. The fourth-order valence-corrected chi connectivity index (χ4v) is 3.04. The van der Waals surface area contributed by atoms with E-state index in [-0.39, 0.29) is 11.4 Å². The van der Waals surface area contributed by atoms with Crippen molar-refractivity contribution >= 4 is 23.8 Å². The van der Waals surface area contributed by atoms with E-state index in [2.05, 4.69) is 5.32 Å². The number of alkyl carbamates (subject to hydrolysis) is 1. The van der Waals surface area contributed by atoms with Gasteiger partial charge in [-0.25, -0.2) is 9.59 Å². The number of rotatable bonds is 6. The first kappa shape index (κ1) is 15.7. The van der Waals surface area contributed by atoms with E-state index in [0.717, 1.165) is 18.4 Å². The highest BCUT2D eigenvalue weighted by molar-refractivity contribution is 8.00. The Kier molecular flexibility index (Phi) is 5.12. The van der Waals surface area contributed by atoms with Crippen LogP contribution in [0.5, 0.6) is 0 Å². The normalized spacial score (nSPS) is 16.7. The molecule has 114 valence electrons. The van der Waals surface area contributed by atoms with Gasteiger partial charge in [0.2, 0.25) is 0 Å². The summed E-state index contributed by atoms with van der Waals surface area (Å²) in [5, 5.41) is 2.64. The molecule has 1 unspecified atom stereocenters. The van der Waals surface area contributed by atoms with Crippen LogP contribution in [0.2, 0.25) is 0 Å². The van der Waals surface area contributed by atoms with Gasteiger partial charge < -0.3 is 14.8 Å². The smallest absolute Gasteiger partial charge is 0.408 e. The van der Waals surface area contributed by atoms with Gasteiger partial charge in [0.05, 0.1) is 7.11 Å². The Labute approximate surface area is 128 Å². The van der Waals surface area contributed by atoms with Gasteiger partial charge in [-0.2, -0.15) is 11.8 Å². The summed E-state index contributed by atoms with van der Waals surface area (Å²) in [4.78, 5) is 23.7. The largest absolute Gasteiger partial charge is 0.467 e. The van der Waals surface area contributed by atoms with Gasteiger partial charge in [0.1, 0.15) is 12.6 Å². The van der Waals surface area contributed by atoms with Crippen molar-refractivity contribution in [2.45, 2.75) is 30.2 Å². The van der Waals surface area contributed by atoms with Crippen molar-refractivity contribution in [3.8, 4) is 0 Å². The maximum Gasteiger partial charge on any atom is 0.408 e. The van der Waals surface area contributed by atoms with Crippen molar-refractivity contribution in [3.05, 3.63) is 35.9 Å². The molecule has 0 aliphatic heterocycles. The molecule has 0 radical (unpaired) electrons. The summed E-state index contributed by atoms with van der Waals surface area (Å²) in [5.41, 5.74) is 0.897. The molecule has 1 saturated carbocycles. The van der Waals surface area contributed by atoms with Crippen LogP contribution in [0.15, 0.2) is 30.3 Å². The van der Waals surface area contributed by atoms with Crippen molar-refractivity contribution in [2.75, 3.05) is 13.4 Å². The monoisotopic (exact) mass is 309 g/mol. The number of amides is 1. The molecular formula is C15H19NO4S. The highest BCUT2D eigenvalue weighted by Crippen LogP contribution is 2.50. The number of hydrogen-bond acceptors (Lipinski definition) is 5. The van der Waals surface area contributed by atoms with E-state index in [0.29, 0.717) is 0 Å². The van der Waals surface area contributed by atoms with Gasteiger partial charge >= 0.3 is 12.1 Å². The first-order chi connectivity index (χ1) is 10.1. The second-order valence-corrected chi connectivity index (χ2v) is 6.15. The van der Waals surface area contributed by atoms with Crippen LogP contribution in [0.25, 0.3) is 0 Å². The first-order valence-corrected chi connectivity index (χ1v) is 7.94. The predicted molar refractivity (Wildman–Crippen MR) is 81.0 cm³/mol. The van der Waals surface area contributed by atoms with Crippen molar-refractivity contribution in [2.24, 2.45) is 0 Å². The van der Waals surface area contributed by atoms with Crippen molar-refractivity contribution < 1.29 is 19.1 Å². The predicted octanol–water partition coefficient (Wildman–Crippen LogP) is 2.35. The molecule has 0 saturated heterocycles. The zero-order valence-electron chi connectivity index (χ0n) is 12.1. The molecule has 1 atom stereocenters. The molecule has 1 fully saturated rings. The van der Waals surface area contributed by atoms with Gasteiger partial charge in [0, 0.05) is 4.75 Å². The molecule has 1 aromatic rings. The van der Waals surface area contributed by atoms with Crippen molar-refractivity contribution in [1.82, 2.24) is 5.32 Å². The summed E-state index contributed by atoms with van der Waals surface area (Å²) in [6.07, 6.45) is 3.09. The van der Waals surface area contributed by atoms with Crippen LogP contribution in [-0.4, -0.2) is 36.2 Å². The third-order valence-corrected chi connectivity index (χ3v) is 5.04. The Morgan fingerprint density at radius 1 is 1.33 bits per heavy atom. The molecule has 2 rings (SSSR count). The number of carbonyl (C=O) groups excluding carboxylic acids is 2. The number of benzene rings is 1. The van der Waals surface area contributed by atoms with Crippen LogP contribution in [0.4, 0.5) is 4.79 Å². The summed E-state index contributed by atoms with van der Waals surface area (Å²) < 4.78 is 9.68. The van der Waals surface area contributed by atoms with Gasteiger partial charge in [-0.3, -0.25) is 0 Å². The quantitative estimate of drug-likeness (QED) is 0.817. The van der Waals surface area contributed by atoms with E-state index >= 15 is 0 Å². The van der Waals surface area contributed by atoms with E-state index in [1.54, 1.807) is 11.8 Å². The first-order valence-electron chi connectivity index (χ1n) is 6.71. The van der Waals surface area contributed by atoms with Crippen molar-refractivity contribution in [1.29, 1.82) is 0 Å². The third kappa shape index (κ3) is 3.91. The van der Waals surface area contributed by atoms with Crippen LogP contribution in [0, 0.1) is 0 Å². The summed E-state index contributed by atoms with van der Waals surface area (Å²) >= 11 is 1.58. The van der Waals surface area contributed by atoms with Crippen LogP contribution < -0.4 is 5.32 Å². The minimum absolute atomic E-state index is 0.173. The average molecular weight is 309 g/mol. The van der Waals surface area contributed by atoms with Gasteiger partial charge in [0.15, 0.2) is 0 Å². The average Bonchev–Trinajstić information content (AvgIpc) is 3.32. The highest BCUT2D eigenvalue weighted by atomic mass is 32.2. The minimum Gasteiger partial charge on any atom is -0.467 e. The van der Waals surface area contributed by atoms with E-state index < -0.39 is 18.1 Å². The third-order valence-electron chi connectivity index (χ3n) is 3.59. The topological polar surface area (TPSA) is 64.6 Å². The van der Waals surface area contributed by atoms with Gasteiger partial charge in [-0.05, 0) is 24.7 Å². The number of esters is 1. The van der Waals surface area contributed by atoms with E-state index in [4.69, 9.17) is 9.47 Å². The Morgan fingerprint density at radius 2 is 2.00 bits per heavy atom. The van der Waals surface area contributed by atoms with Crippen LogP contribution in [0.3, 0.4) is 0 Å². The van der Waals surface area contributed by atoms with Crippen LogP contribution >= 0.6 is 11.8 Å². The second-order valence-electron chi connectivity index (χ2n) is 4.93. The summed E-state index contributed by atoms with van der Waals surface area (Å²) in [6.45, 7) is 0.173. The zero-order valence-corrected chi connectivity index (χ0v) is 12.9. The Morgan fingerprint density at radius 3 is 2.52 bits per heavy atom. The number of ether oxygens (including phenoxy) is 2. The fraction of sp³-hybridized carbons (Fsp3) is 0.467. The van der Waals surface area contributed by atoms with E-state index in [1.165, 1.54) is 7.11 Å². The number of carbonyl (C=O) groups is 2. The molecule has 1 aliphatic rings. The van der Waals surface area contributed by atoms with Gasteiger partial charge in [-0.1, -0.05) is 30.3 Å². The standard InChI is InChI=1S/C15H19NO4S/c1-19-13(17)12(15(21-2)8-9-15)16-14(18)20-10-11-6-4-3-5-7-11/h3-7,12H,8-10H2,1-2H3,(H,16,18). The molecular weight excluding hydrogens is 290 g/mol. The Bertz CT molecular complexity index is 502. The molecule has 21 heavy (non-hydrogen) atoms. The maximum atomic E-state index is 11.9. The molecule has 6 heteroatoms. The van der Waals surface area contributed by atoms with Crippen LogP contribution in [-0.2, 0) is 20.9 Å². The number of methoxy groups -OCH3 is 1. The Balaban J connectivity index is 1.91. The summed E-state index contributed by atoms with van der Waals surface area (Å²) in [6, 6.07) is 8.72. The summed E-state index contributed by atoms with van der Waals surface area (Å²) in [7, 11) is 1.32. The number of nitrogens with one attached hydrogen (secondary N) is 1. The number of thioether (sulfide) groups is 1. The Hall–Kier alpha value is -1.69. The molecule has 0 bridgehead atoms. The lowest BCUT2D eigenvalue weighted by molar-refractivity contribution is -0.143. The zero-order chi connectivity index (χ0) is 15.3. The molecule has 1 N–H and O–H groups in total. The van der Waals surface area contributed by atoms with Gasteiger partial charge in [0.25, 0.3) is 0 Å². The van der Waals surface area contributed by atoms with E-state index in [9.17, 15) is 9.59 Å². The lowest BCUT2D eigenvalue weighted by atomic mass is 10.2. The highest BCUT2D eigenvalue weighted by Gasteiger charge is 2.53. The molecule has 5 nitrogen and oxygen atoms in total. The molecule has 1 aliphatic carbocycles. The van der Waals surface area contributed by atoms with Gasteiger partial charge in [-0.15, -0.1) is 0 Å². The molecule has 0 spiro atoms. The summed E-state index contributed by atoms with van der Waals surface area (Å²) in [5.74, 6) is -0.432. The molecule has 1 amide bonds. The lowest BCUT2D eigenvalue weighted by Crippen LogP contribution is -2.49. The van der Waals surface area contributed by atoms with E-state index in [1.807, 2.05) is 36.6 Å². The number of hydrogen-bond donors (Lipinski definition) is 1. The minimum atomic E-state index is -0.666. The van der Waals surface area contributed by atoms with Crippen LogP contribution in [0.1, 0.15) is 18.4 Å². The second kappa shape index (κ2) is 6.85. The fourth-order valence-electron chi connectivity index (χ4n) is 2.14. The lowest BCUT2D eigenvalue weighted by Gasteiger charge is -2.23. The molecule has 0 aromatic heterocycles.